The summed E-state index contributed by atoms with van der Waals surface area (Å²) in [6.07, 6.45) is 0. The van der Waals surface area contributed by atoms with Crippen LogP contribution in [0.15, 0.2) is 45.5 Å². The minimum absolute atomic E-state index is 0.0386. The van der Waals surface area contributed by atoms with Crippen LogP contribution in [0.5, 0.6) is 5.75 Å². The standard InChI is InChI=1S/C15H18BrNO2/c1-3-17-15(13-8-9-14(16)19-13)11-6-5-7-12(10-11)18-4-2/h5-10,15,17H,3-4H2,1-2H3. The quantitative estimate of drug-likeness (QED) is 0.867. The van der Waals surface area contributed by atoms with Gasteiger partial charge in [-0.3, -0.25) is 0 Å². The zero-order valence-corrected chi connectivity index (χ0v) is 12.7. The molecular weight excluding hydrogens is 306 g/mol. The predicted molar refractivity (Wildman–Crippen MR) is 79.5 cm³/mol. The van der Waals surface area contributed by atoms with E-state index in [0.29, 0.717) is 6.61 Å². The second-order valence-electron chi connectivity index (χ2n) is 4.14. The highest BCUT2D eigenvalue weighted by molar-refractivity contribution is 9.10. The summed E-state index contributed by atoms with van der Waals surface area (Å²) in [5, 5.41) is 3.43. The number of furan rings is 1. The van der Waals surface area contributed by atoms with Gasteiger partial charge in [0.2, 0.25) is 0 Å². The highest BCUT2D eigenvalue weighted by atomic mass is 79.9. The third-order valence-corrected chi connectivity index (χ3v) is 3.22. The Morgan fingerprint density at radius 2 is 2.11 bits per heavy atom. The first kappa shape index (κ1) is 14.2. The highest BCUT2D eigenvalue weighted by Crippen LogP contribution is 2.28. The van der Waals surface area contributed by atoms with E-state index in [1.165, 1.54) is 0 Å². The summed E-state index contributed by atoms with van der Waals surface area (Å²) in [6, 6.07) is 12.0. The van der Waals surface area contributed by atoms with Crippen LogP contribution in [-0.4, -0.2) is 13.2 Å². The molecule has 19 heavy (non-hydrogen) atoms. The minimum atomic E-state index is 0.0386. The normalized spacial score (nSPS) is 12.4. The lowest BCUT2D eigenvalue weighted by atomic mass is 10.0. The fourth-order valence-corrected chi connectivity index (χ4v) is 2.34. The summed E-state index contributed by atoms with van der Waals surface area (Å²) in [5.74, 6) is 1.77. The van der Waals surface area contributed by atoms with Crippen LogP contribution in [0.2, 0.25) is 0 Å². The maximum atomic E-state index is 5.67. The van der Waals surface area contributed by atoms with Crippen molar-refractivity contribution < 1.29 is 9.15 Å². The summed E-state index contributed by atoms with van der Waals surface area (Å²) in [4.78, 5) is 0. The van der Waals surface area contributed by atoms with Crippen LogP contribution in [0.4, 0.5) is 0 Å². The van der Waals surface area contributed by atoms with Crippen molar-refractivity contribution in [2.45, 2.75) is 19.9 Å². The topological polar surface area (TPSA) is 34.4 Å². The molecule has 1 aromatic carbocycles. The van der Waals surface area contributed by atoms with Gasteiger partial charge < -0.3 is 14.5 Å². The zero-order chi connectivity index (χ0) is 13.7. The summed E-state index contributed by atoms with van der Waals surface area (Å²) in [6.45, 7) is 5.60. The first-order valence-electron chi connectivity index (χ1n) is 6.46. The van der Waals surface area contributed by atoms with Gasteiger partial charge in [-0.2, -0.15) is 0 Å². The molecule has 2 rings (SSSR count). The molecule has 1 heterocycles. The molecule has 4 heteroatoms. The Labute approximate surface area is 122 Å². The Balaban J connectivity index is 2.30. The van der Waals surface area contributed by atoms with Gasteiger partial charge in [0, 0.05) is 0 Å². The maximum Gasteiger partial charge on any atom is 0.169 e. The van der Waals surface area contributed by atoms with Gasteiger partial charge in [0.25, 0.3) is 0 Å². The third-order valence-electron chi connectivity index (χ3n) is 2.79. The van der Waals surface area contributed by atoms with Crippen molar-refractivity contribution in [2.24, 2.45) is 0 Å². The molecule has 102 valence electrons. The summed E-state index contributed by atoms with van der Waals surface area (Å²) < 4.78 is 12.0. The van der Waals surface area contributed by atoms with Crippen molar-refractivity contribution in [3.8, 4) is 5.75 Å². The lowest BCUT2D eigenvalue weighted by Gasteiger charge is -2.17. The molecule has 1 aromatic heterocycles. The third kappa shape index (κ3) is 3.61. The lowest BCUT2D eigenvalue weighted by Crippen LogP contribution is -2.21. The van der Waals surface area contributed by atoms with Gasteiger partial charge in [0.05, 0.1) is 12.6 Å². The zero-order valence-electron chi connectivity index (χ0n) is 11.2. The van der Waals surface area contributed by atoms with Crippen LogP contribution in [0.25, 0.3) is 0 Å². The van der Waals surface area contributed by atoms with Crippen LogP contribution in [0.1, 0.15) is 31.2 Å². The molecule has 0 aliphatic heterocycles. The largest absolute Gasteiger partial charge is 0.494 e. The number of rotatable bonds is 6. The highest BCUT2D eigenvalue weighted by Gasteiger charge is 2.17. The first-order valence-corrected chi connectivity index (χ1v) is 7.25. The van der Waals surface area contributed by atoms with E-state index in [0.717, 1.165) is 28.3 Å². The second kappa shape index (κ2) is 6.78. The molecule has 0 radical (unpaired) electrons. The van der Waals surface area contributed by atoms with E-state index in [2.05, 4.69) is 34.2 Å². The minimum Gasteiger partial charge on any atom is -0.494 e. The van der Waals surface area contributed by atoms with Crippen molar-refractivity contribution in [3.63, 3.8) is 0 Å². The SMILES string of the molecule is CCNC(c1cccc(OCC)c1)c1ccc(Br)o1. The molecule has 1 N–H and O–H groups in total. The van der Waals surface area contributed by atoms with Gasteiger partial charge in [-0.05, 0) is 59.2 Å². The van der Waals surface area contributed by atoms with Gasteiger partial charge in [0.15, 0.2) is 4.67 Å². The number of ether oxygens (including phenoxy) is 1. The van der Waals surface area contributed by atoms with Crippen LogP contribution >= 0.6 is 15.9 Å². The van der Waals surface area contributed by atoms with E-state index in [1.807, 2.05) is 37.3 Å². The molecule has 3 nitrogen and oxygen atoms in total. The van der Waals surface area contributed by atoms with E-state index in [9.17, 15) is 0 Å². The molecule has 0 saturated carbocycles. The number of benzene rings is 1. The van der Waals surface area contributed by atoms with E-state index < -0.39 is 0 Å². The maximum absolute atomic E-state index is 5.67. The van der Waals surface area contributed by atoms with E-state index in [-0.39, 0.29) is 6.04 Å². The van der Waals surface area contributed by atoms with Gasteiger partial charge in [-0.1, -0.05) is 19.1 Å². The fraction of sp³-hybridized carbons (Fsp3) is 0.333. The summed E-state index contributed by atoms with van der Waals surface area (Å²) in [5.41, 5.74) is 1.13. The lowest BCUT2D eigenvalue weighted by molar-refractivity contribution is 0.339. The molecule has 0 bridgehead atoms. The van der Waals surface area contributed by atoms with Crippen molar-refractivity contribution in [1.29, 1.82) is 0 Å². The molecule has 0 amide bonds. The Kier molecular flexibility index (Phi) is 5.05. The van der Waals surface area contributed by atoms with Crippen LogP contribution in [0, 0.1) is 0 Å². The van der Waals surface area contributed by atoms with Crippen molar-refractivity contribution in [1.82, 2.24) is 5.32 Å². The monoisotopic (exact) mass is 323 g/mol. The van der Waals surface area contributed by atoms with Crippen LogP contribution in [0.3, 0.4) is 0 Å². The number of hydrogen-bond acceptors (Lipinski definition) is 3. The molecule has 0 aliphatic carbocycles. The molecule has 0 spiro atoms. The Morgan fingerprint density at radius 1 is 1.26 bits per heavy atom. The van der Waals surface area contributed by atoms with E-state index >= 15 is 0 Å². The first-order chi connectivity index (χ1) is 9.24. The number of hydrogen-bond donors (Lipinski definition) is 1. The summed E-state index contributed by atoms with van der Waals surface area (Å²) >= 11 is 3.34. The smallest absolute Gasteiger partial charge is 0.169 e. The van der Waals surface area contributed by atoms with Gasteiger partial charge in [-0.25, -0.2) is 0 Å². The van der Waals surface area contributed by atoms with Gasteiger partial charge in [-0.15, -0.1) is 0 Å². The van der Waals surface area contributed by atoms with Crippen LogP contribution < -0.4 is 10.1 Å². The molecule has 0 saturated heterocycles. The number of nitrogens with one attached hydrogen (secondary N) is 1. The van der Waals surface area contributed by atoms with E-state index in [4.69, 9.17) is 9.15 Å². The van der Waals surface area contributed by atoms with Gasteiger partial charge >= 0.3 is 0 Å². The van der Waals surface area contributed by atoms with Gasteiger partial charge in [0.1, 0.15) is 11.5 Å². The average Bonchev–Trinajstić information content (AvgIpc) is 2.83. The predicted octanol–water partition coefficient (Wildman–Crippen LogP) is 4.14. The molecule has 1 atom stereocenters. The number of halogens is 1. The molecular formula is C15H18BrNO2. The summed E-state index contributed by atoms with van der Waals surface area (Å²) in [7, 11) is 0. The van der Waals surface area contributed by atoms with Crippen molar-refractivity contribution in [3.05, 3.63) is 52.4 Å². The molecule has 0 aliphatic rings. The van der Waals surface area contributed by atoms with Crippen LogP contribution in [-0.2, 0) is 0 Å². The Hall–Kier alpha value is -1.26. The Bertz CT molecular complexity index is 524. The molecule has 2 aromatic rings. The second-order valence-corrected chi connectivity index (χ2v) is 4.92. The average molecular weight is 324 g/mol. The van der Waals surface area contributed by atoms with Crippen molar-refractivity contribution >= 4 is 15.9 Å². The molecule has 0 fully saturated rings. The van der Waals surface area contributed by atoms with E-state index in [1.54, 1.807) is 0 Å². The Morgan fingerprint density at radius 3 is 2.74 bits per heavy atom. The molecule has 1 unspecified atom stereocenters. The van der Waals surface area contributed by atoms with Crippen molar-refractivity contribution in [2.75, 3.05) is 13.2 Å². The fourth-order valence-electron chi connectivity index (χ4n) is 2.02.